The van der Waals surface area contributed by atoms with E-state index in [9.17, 15) is 13.5 Å². The Kier molecular flexibility index (Phi) is 2.43. The molecule has 0 saturated carbocycles. The van der Waals surface area contributed by atoms with Gasteiger partial charge >= 0.3 is 0 Å². The van der Waals surface area contributed by atoms with Crippen molar-refractivity contribution >= 4 is 15.7 Å². The van der Waals surface area contributed by atoms with E-state index in [-0.39, 0.29) is 4.90 Å². The van der Waals surface area contributed by atoms with Gasteiger partial charge in [0, 0.05) is 25.5 Å². The maximum atomic E-state index is 11.5. The molecule has 0 amide bonds. The van der Waals surface area contributed by atoms with Crippen molar-refractivity contribution in [2.24, 2.45) is 0 Å². The summed E-state index contributed by atoms with van der Waals surface area (Å²) in [4.78, 5) is 6.04. The summed E-state index contributed by atoms with van der Waals surface area (Å²) in [5.74, 6) is 0.427. The molecule has 1 fully saturated rings. The van der Waals surface area contributed by atoms with Crippen molar-refractivity contribution < 1.29 is 13.5 Å². The molecule has 0 aliphatic carbocycles. The largest absolute Gasteiger partial charge is 0.386 e. The number of β-amino-alcohol motifs (C(OH)–C–C–N with tert-alkyl or cyclic N) is 1. The Bertz CT molecular complexity index is 503. The number of rotatable bonds is 2. The van der Waals surface area contributed by atoms with Crippen LogP contribution in [0.4, 0.5) is 5.82 Å². The lowest BCUT2D eigenvalue weighted by molar-refractivity contribution is 0.0302. The minimum Gasteiger partial charge on any atom is -0.386 e. The molecular formula is C10H14N2O3S. The third-order valence-electron chi connectivity index (χ3n) is 2.51. The van der Waals surface area contributed by atoms with Crippen LogP contribution in [0.15, 0.2) is 23.2 Å². The highest BCUT2D eigenvalue weighted by Crippen LogP contribution is 2.30. The fourth-order valence-electron chi connectivity index (χ4n) is 1.83. The van der Waals surface area contributed by atoms with E-state index >= 15 is 0 Å². The molecule has 1 N–H and O–H groups in total. The fraction of sp³-hybridized carbons (Fsp3) is 0.500. The highest BCUT2D eigenvalue weighted by molar-refractivity contribution is 7.90. The van der Waals surface area contributed by atoms with E-state index in [0.717, 1.165) is 6.26 Å². The molecule has 1 aliphatic rings. The molecule has 1 aliphatic heterocycles. The van der Waals surface area contributed by atoms with Crippen LogP contribution in [0.2, 0.25) is 0 Å². The summed E-state index contributed by atoms with van der Waals surface area (Å²) < 4.78 is 23.1. The Morgan fingerprint density at radius 1 is 1.50 bits per heavy atom. The summed E-state index contributed by atoms with van der Waals surface area (Å²) >= 11 is 0. The second-order valence-corrected chi connectivity index (χ2v) is 6.43. The number of pyridine rings is 1. The van der Waals surface area contributed by atoms with E-state index in [1.165, 1.54) is 6.07 Å². The van der Waals surface area contributed by atoms with E-state index < -0.39 is 15.4 Å². The van der Waals surface area contributed by atoms with Gasteiger partial charge in [-0.25, -0.2) is 13.4 Å². The maximum absolute atomic E-state index is 11.5. The molecule has 0 atom stereocenters. The van der Waals surface area contributed by atoms with Crippen molar-refractivity contribution in [1.82, 2.24) is 4.98 Å². The van der Waals surface area contributed by atoms with Gasteiger partial charge in [0.2, 0.25) is 0 Å². The average molecular weight is 242 g/mol. The van der Waals surface area contributed by atoms with E-state index in [4.69, 9.17) is 0 Å². The molecular weight excluding hydrogens is 228 g/mol. The molecule has 1 saturated heterocycles. The van der Waals surface area contributed by atoms with Crippen molar-refractivity contribution in [2.75, 3.05) is 24.2 Å². The second kappa shape index (κ2) is 3.43. The van der Waals surface area contributed by atoms with Crippen molar-refractivity contribution in [3.63, 3.8) is 0 Å². The van der Waals surface area contributed by atoms with E-state index in [0.29, 0.717) is 18.9 Å². The highest BCUT2D eigenvalue weighted by Gasteiger charge is 2.38. The zero-order valence-corrected chi connectivity index (χ0v) is 10.0. The molecule has 2 rings (SSSR count). The Hall–Kier alpha value is -1.14. The Labute approximate surface area is 94.6 Å². The topological polar surface area (TPSA) is 70.5 Å². The van der Waals surface area contributed by atoms with Gasteiger partial charge in [-0.15, -0.1) is 0 Å². The molecule has 16 heavy (non-hydrogen) atoms. The summed E-state index contributed by atoms with van der Waals surface area (Å²) in [7, 11) is -3.28. The van der Waals surface area contributed by atoms with E-state index in [1.54, 1.807) is 24.1 Å². The fourth-order valence-corrected chi connectivity index (χ4v) is 2.67. The third kappa shape index (κ3) is 2.03. The number of sulfone groups is 1. The van der Waals surface area contributed by atoms with Crippen LogP contribution in [-0.4, -0.2) is 43.5 Å². The summed E-state index contributed by atoms with van der Waals surface area (Å²) in [6.07, 6.45) is 2.71. The molecule has 1 aromatic heterocycles. The second-order valence-electron chi connectivity index (χ2n) is 4.45. The summed E-state index contributed by atoms with van der Waals surface area (Å²) in [5.41, 5.74) is -0.744. The van der Waals surface area contributed by atoms with E-state index in [2.05, 4.69) is 4.98 Å². The van der Waals surface area contributed by atoms with Gasteiger partial charge in [-0.3, -0.25) is 0 Å². The monoisotopic (exact) mass is 242 g/mol. The van der Waals surface area contributed by atoms with Gasteiger partial charge < -0.3 is 10.0 Å². The Morgan fingerprint density at radius 3 is 2.62 bits per heavy atom. The van der Waals surface area contributed by atoms with Gasteiger partial charge in [-0.05, 0) is 19.1 Å². The van der Waals surface area contributed by atoms with Crippen LogP contribution in [0.3, 0.4) is 0 Å². The smallest absolute Gasteiger partial charge is 0.179 e. The first-order valence-electron chi connectivity index (χ1n) is 4.92. The number of nitrogens with zero attached hydrogens (tertiary/aromatic N) is 2. The number of anilines is 1. The molecule has 5 nitrogen and oxygen atoms in total. The zero-order chi connectivity index (χ0) is 12.0. The van der Waals surface area contributed by atoms with Gasteiger partial charge in [0.05, 0.1) is 5.60 Å². The molecule has 0 spiro atoms. The molecule has 6 heteroatoms. The third-order valence-corrected chi connectivity index (χ3v) is 3.63. The number of hydrogen-bond acceptors (Lipinski definition) is 5. The molecule has 1 aromatic rings. The molecule has 2 heterocycles. The SMILES string of the molecule is CC1(O)CN(c2ncccc2S(C)(=O)=O)C1. The van der Waals surface area contributed by atoms with Crippen LogP contribution >= 0.6 is 0 Å². The van der Waals surface area contributed by atoms with Gasteiger partial charge in [0.25, 0.3) is 0 Å². The van der Waals surface area contributed by atoms with Crippen molar-refractivity contribution in [3.05, 3.63) is 18.3 Å². The lowest BCUT2D eigenvalue weighted by atomic mass is 9.97. The predicted octanol–water partition coefficient (Wildman–Crippen LogP) is 0.0561. The molecule has 0 radical (unpaired) electrons. The summed E-state index contributed by atoms with van der Waals surface area (Å²) in [6.45, 7) is 2.53. The lowest BCUT2D eigenvalue weighted by Crippen LogP contribution is -2.60. The van der Waals surface area contributed by atoms with Crippen LogP contribution in [-0.2, 0) is 9.84 Å². The predicted molar refractivity (Wildman–Crippen MR) is 60.2 cm³/mol. The molecule has 0 unspecified atom stereocenters. The van der Waals surface area contributed by atoms with Crippen molar-refractivity contribution in [2.45, 2.75) is 17.4 Å². The lowest BCUT2D eigenvalue weighted by Gasteiger charge is -2.45. The maximum Gasteiger partial charge on any atom is 0.179 e. The van der Waals surface area contributed by atoms with Crippen molar-refractivity contribution in [3.8, 4) is 0 Å². The number of aliphatic hydroxyl groups is 1. The summed E-state index contributed by atoms with van der Waals surface area (Å²) in [6, 6.07) is 3.13. The molecule has 88 valence electrons. The zero-order valence-electron chi connectivity index (χ0n) is 9.21. The van der Waals surface area contributed by atoms with Gasteiger partial charge in [-0.2, -0.15) is 0 Å². The van der Waals surface area contributed by atoms with Gasteiger partial charge in [0.1, 0.15) is 10.7 Å². The number of hydrogen-bond donors (Lipinski definition) is 1. The van der Waals surface area contributed by atoms with Crippen molar-refractivity contribution in [1.29, 1.82) is 0 Å². The minimum atomic E-state index is -3.28. The first kappa shape index (κ1) is 11.3. The first-order valence-corrected chi connectivity index (χ1v) is 6.81. The highest BCUT2D eigenvalue weighted by atomic mass is 32.2. The van der Waals surface area contributed by atoms with Crippen LogP contribution in [0.5, 0.6) is 0 Å². The Morgan fingerprint density at radius 2 is 2.12 bits per heavy atom. The van der Waals surface area contributed by atoms with Crippen LogP contribution in [0.25, 0.3) is 0 Å². The summed E-state index contributed by atoms with van der Waals surface area (Å²) in [5, 5.41) is 9.62. The minimum absolute atomic E-state index is 0.213. The van der Waals surface area contributed by atoms with Crippen LogP contribution in [0, 0.1) is 0 Å². The quantitative estimate of drug-likeness (QED) is 0.794. The normalized spacial score (nSPS) is 19.3. The first-order chi connectivity index (χ1) is 7.30. The van der Waals surface area contributed by atoms with Gasteiger partial charge in [-0.1, -0.05) is 0 Å². The number of aromatic nitrogens is 1. The molecule has 0 bridgehead atoms. The van der Waals surface area contributed by atoms with Crippen LogP contribution < -0.4 is 4.90 Å². The van der Waals surface area contributed by atoms with Crippen LogP contribution in [0.1, 0.15) is 6.92 Å². The average Bonchev–Trinajstić information content (AvgIpc) is 2.12. The molecule has 0 aromatic carbocycles. The van der Waals surface area contributed by atoms with E-state index in [1.807, 2.05) is 0 Å². The van der Waals surface area contributed by atoms with Gasteiger partial charge in [0.15, 0.2) is 9.84 Å². The Balaban J connectivity index is 2.36. The standard InChI is InChI=1S/C10H14N2O3S/c1-10(13)6-12(7-10)9-8(16(2,14)15)4-3-5-11-9/h3-5,13H,6-7H2,1-2H3.